The van der Waals surface area contributed by atoms with Gasteiger partial charge in [0, 0.05) is 0 Å². The van der Waals surface area contributed by atoms with Gasteiger partial charge in [0.2, 0.25) is 0 Å². The minimum absolute atomic E-state index is 0.0174. The Balaban J connectivity index is 2.58. The van der Waals surface area contributed by atoms with Crippen LogP contribution < -0.4 is 0 Å². The molecule has 1 aliphatic rings. The largest absolute Gasteiger partial charge is 0.508 e. The van der Waals surface area contributed by atoms with Crippen molar-refractivity contribution in [1.29, 1.82) is 0 Å². The van der Waals surface area contributed by atoms with Gasteiger partial charge in [-0.2, -0.15) is 8.42 Å². The topological polar surface area (TPSA) is 94.8 Å². The summed E-state index contributed by atoms with van der Waals surface area (Å²) in [5.74, 6) is -0.879. The molecule has 3 N–H and O–H groups in total. The van der Waals surface area contributed by atoms with Gasteiger partial charge >= 0.3 is 0 Å². The third kappa shape index (κ3) is 3.10. The molecule has 0 fully saturated rings. The summed E-state index contributed by atoms with van der Waals surface area (Å²) < 4.78 is 34.1. The van der Waals surface area contributed by atoms with Gasteiger partial charge in [-0.3, -0.25) is 4.55 Å². The Labute approximate surface area is 187 Å². The number of rotatable bonds is 4. The lowest BCUT2D eigenvalue weighted by Crippen LogP contribution is -2.61. The summed E-state index contributed by atoms with van der Waals surface area (Å²) in [6, 6.07) is 14.9. The zero-order valence-corrected chi connectivity index (χ0v) is 18.3. The molecule has 29 heavy (non-hydrogen) atoms. The number of aliphatic hydroxyl groups is 2. The highest BCUT2D eigenvalue weighted by atomic mass is 35.5. The number of allylic oxidation sites excluding steroid dienone is 2. The van der Waals surface area contributed by atoms with Crippen LogP contribution >= 0.6 is 46.4 Å². The third-order valence-corrected chi connectivity index (χ3v) is 8.72. The predicted molar refractivity (Wildman–Crippen MR) is 114 cm³/mol. The molecular weight excluding hydrogens is 482 g/mol. The number of hydrogen-bond donors (Lipinski definition) is 3. The van der Waals surface area contributed by atoms with Gasteiger partial charge in [-0.15, -0.1) is 11.6 Å². The molecule has 0 aliphatic heterocycles. The van der Waals surface area contributed by atoms with E-state index in [-0.39, 0.29) is 11.1 Å². The molecule has 0 saturated carbocycles. The van der Waals surface area contributed by atoms with Gasteiger partial charge in [-0.1, -0.05) is 95.5 Å². The fraction of sp³-hybridized carbons (Fsp3) is 0.158. The van der Waals surface area contributed by atoms with Gasteiger partial charge in [-0.25, -0.2) is 0 Å². The molecule has 10 heteroatoms. The molecule has 0 aromatic heterocycles. The molecule has 0 spiro atoms. The highest BCUT2D eigenvalue weighted by Gasteiger charge is 2.68. The second-order valence-corrected chi connectivity index (χ2v) is 9.62. The monoisotopic (exact) mass is 494 g/mol. The van der Waals surface area contributed by atoms with E-state index in [1.807, 2.05) is 0 Å². The Morgan fingerprint density at radius 2 is 1.28 bits per heavy atom. The first-order valence-corrected chi connectivity index (χ1v) is 11.1. The highest BCUT2D eigenvalue weighted by molar-refractivity contribution is 7.87. The van der Waals surface area contributed by atoms with Crippen LogP contribution in [0.5, 0.6) is 0 Å². The summed E-state index contributed by atoms with van der Waals surface area (Å²) in [4.78, 5) is -2.57. The number of benzene rings is 2. The molecule has 0 amide bonds. The summed E-state index contributed by atoms with van der Waals surface area (Å²) in [7, 11) is -5.17. The molecule has 2 unspecified atom stereocenters. The van der Waals surface area contributed by atoms with E-state index in [1.165, 1.54) is 48.5 Å². The van der Waals surface area contributed by atoms with E-state index in [4.69, 9.17) is 46.4 Å². The minimum atomic E-state index is -5.17. The minimum Gasteiger partial charge on any atom is -0.508 e. The number of halogens is 4. The Morgan fingerprint density at radius 3 is 1.66 bits per heavy atom. The van der Waals surface area contributed by atoms with Crippen molar-refractivity contribution in [2.24, 2.45) is 0 Å². The normalized spacial score (nSPS) is 23.4. The van der Waals surface area contributed by atoms with Crippen molar-refractivity contribution in [3.63, 3.8) is 0 Å². The molecular formula is C19H14Cl4O5S. The standard InChI is InChI=1S/C19H14Cl4O5S/c20-13-14(21)16(22)18(23,17(25)15(13)24)19(29(26,27)28,11-7-3-1-4-8-11)12-9-5-2-6-10-12/h1-10,17,24-25H,(H,26,27,28). The van der Waals surface area contributed by atoms with Crippen molar-refractivity contribution < 1.29 is 23.2 Å². The molecule has 154 valence electrons. The number of hydrogen-bond acceptors (Lipinski definition) is 4. The average Bonchev–Trinajstić information content (AvgIpc) is 2.71. The zero-order chi connectivity index (χ0) is 21.6. The van der Waals surface area contributed by atoms with Crippen LogP contribution in [0.4, 0.5) is 0 Å². The first kappa shape index (κ1) is 22.4. The molecule has 2 aromatic carbocycles. The summed E-state index contributed by atoms with van der Waals surface area (Å²) in [6.45, 7) is 0. The lowest BCUT2D eigenvalue weighted by atomic mass is 9.74. The molecule has 2 aromatic rings. The maximum absolute atomic E-state index is 13.0. The molecule has 5 nitrogen and oxygen atoms in total. The quantitative estimate of drug-likeness (QED) is 0.415. The van der Waals surface area contributed by atoms with Crippen LogP contribution in [0.3, 0.4) is 0 Å². The van der Waals surface area contributed by atoms with Gasteiger partial charge in [0.15, 0.2) is 4.75 Å². The van der Waals surface area contributed by atoms with Crippen LogP contribution in [-0.2, 0) is 14.9 Å². The molecule has 0 heterocycles. The lowest BCUT2D eigenvalue weighted by Gasteiger charge is -2.48. The molecule has 3 rings (SSSR count). The van der Waals surface area contributed by atoms with Gasteiger partial charge in [0.25, 0.3) is 10.1 Å². The second-order valence-electron chi connectivity index (χ2n) is 6.33. The van der Waals surface area contributed by atoms with Gasteiger partial charge in [-0.05, 0) is 11.1 Å². The zero-order valence-electron chi connectivity index (χ0n) is 14.4. The van der Waals surface area contributed by atoms with Crippen LogP contribution in [-0.4, -0.2) is 34.2 Å². The van der Waals surface area contributed by atoms with Gasteiger partial charge in [0.1, 0.15) is 21.8 Å². The van der Waals surface area contributed by atoms with Crippen LogP contribution in [0, 0.1) is 0 Å². The maximum Gasteiger partial charge on any atom is 0.281 e. The van der Waals surface area contributed by atoms with Crippen LogP contribution in [0.2, 0.25) is 0 Å². The van der Waals surface area contributed by atoms with E-state index in [2.05, 4.69) is 0 Å². The van der Waals surface area contributed by atoms with Crippen LogP contribution in [0.25, 0.3) is 0 Å². The number of aliphatic hydroxyl groups excluding tert-OH is 2. The fourth-order valence-electron chi connectivity index (χ4n) is 3.56. The predicted octanol–water partition coefficient (Wildman–Crippen LogP) is 4.87. The van der Waals surface area contributed by atoms with E-state index >= 15 is 0 Å². The Bertz CT molecular complexity index is 1060. The van der Waals surface area contributed by atoms with E-state index in [9.17, 15) is 23.2 Å². The average molecular weight is 496 g/mol. The Hall–Kier alpha value is -1.25. The van der Waals surface area contributed by atoms with Crippen molar-refractivity contribution in [2.45, 2.75) is 15.7 Å². The van der Waals surface area contributed by atoms with Crippen molar-refractivity contribution in [3.05, 3.63) is 92.6 Å². The van der Waals surface area contributed by atoms with E-state index in [0.29, 0.717) is 0 Å². The summed E-state index contributed by atoms with van der Waals surface area (Å²) in [6.07, 6.45) is -2.13. The van der Waals surface area contributed by atoms with Crippen LogP contribution in [0.15, 0.2) is 81.5 Å². The van der Waals surface area contributed by atoms with E-state index in [0.717, 1.165) is 0 Å². The highest BCUT2D eigenvalue weighted by Crippen LogP contribution is 2.59. The first-order valence-electron chi connectivity index (χ1n) is 8.11. The van der Waals surface area contributed by atoms with Gasteiger partial charge < -0.3 is 10.2 Å². The van der Waals surface area contributed by atoms with E-state index < -0.39 is 46.7 Å². The molecule has 2 atom stereocenters. The molecule has 0 bridgehead atoms. The first-order chi connectivity index (χ1) is 13.5. The number of alkyl halides is 1. The summed E-state index contributed by atoms with van der Waals surface area (Å²) in [5.41, 5.74) is -0.0348. The molecule has 1 aliphatic carbocycles. The summed E-state index contributed by atoms with van der Waals surface area (Å²) >= 11 is 25.2. The Kier molecular flexibility index (Phi) is 6.02. The van der Waals surface area contributed by atoms with Crippen LogP contribution in [0.1, 0.15) is 11.1 Å². The van der Waals surface area contributed by atoms with Crippen molar-refractivity contribution >= 4 is 56.5 Å². The van der Waals surface area contributed by atoms with Crippen molar-refractivity contribution in [2.75, 3.05) is 0 Å². The maximum atomic E-state index is 13.0. The van der Waals surface area contributed by atoms with Crippen molar-refractivity contribution in [3.8, 4) is 0 Å². The lowest BCUT2D eigenvalue weighted by molar-refractivity contribution is 0.107. The molecule has 0 saturated heterocycles. The fourth-order valence-corrected chi connectivity index (χ4v) is 6.66. The van der Waals surface area contributed by atoms with Gasteiger partial charge in [0.05, 0.1) is 10.1 Å². The smallest absolute Gasteiger partial charge is 0.281 e. The SMILES string of the molecule is O=S(=O)(O)C(c1ccccc1)(c1ccccc1)C1(Cl)C(Cl)=C(Cl)C(Cl)=C(O)C1O. The van der Waals surface area contributed by atoms with E-state index in [1.54, 1.807) is 12.1 Å². The van der Waals surface area contributed by atoms with Crippen molar-refractivity contribution in [1.82, 2.24) is 0 Å². The third-order valence-electron chi connectivity index (χ3n) is 4.83. The molecule has 0 radical (unpaired) electrons. The summed E-state index contributed by atoms with van der Waals surface area (Å²) in [5, 5.41) is 19.8. The Morgan fingerprint density at radius 1 is 0.862 bits per heavy atom. The second kappa shape index (κ2) is 7.78.